The number of esters is 2. The Morgan fingerprint density at radius 2 is 1.32 bits per heavy atom. The fraction of sp³-hybridized carbons (Fsp3) is 0.538. The molecule has 0 aliphatic rings. The highest BCUT2D eigenvalue weighted by Crippen LogP contribution is 1.92. The Labute approximate surface area is 113 Å². The van der Waals surface area contributed by atoms with E-state index in [9.17, 15) is 9.59 Å². The van der Waals surface area contributed by atoms with Crippen molar-refractivity contribution in [3.8, 4) is 0 Å². The lowest BCUT2D eigenvalue weighted by atomic mass is 10.4. The lowest BCUT2D eigenvalue weighted by molar-refractivity contribution is -0.142. The minimum absolute atomic E-state index is 0.332. The summed E-state index contributed by atoms with van der Waals surface area (Å²) >= 11 is 0. The van der Waals surface area contributed by atoms with Crippen LogP contribution in [0.3, 0.4) is 0 Å². The first-order chi connectivity index (χ1) is 8.86. The molecule has 0 aliphatic heterocycles. The summed E-state index contributed by atoms with van der Waals surface area (Å²) in [6.07, 6.45) is 2.53. The van der Waals surface area contributed by atoms with Crippen molar-refractivity contribution in [2.45, 2.75) is 33.1 Å². The molecule has 0 spiro atoms. The maximum Gasteiger partial charge on any atom is 0.372 e. The van der Waals surface area contributed by atoms with Crippen molar-refractivity contribution in [3.63, 3.8) is 0 Å². The van der Waals surface area contributed by atoms with Crippen LogP contribution in [0.25, 0.3) is 0 Å². The van der Waals surface area contributed by atoms with Gasteiger partial charge in [0, 0.05) is 0 Å². The molecule has 0 atom stereocenters. The molecule has 0 aromatic rings. The topological polar surface area (TPSA) is 93.1 Å². The third-order valence-corrected chi connectivity index (χ3v) is 1.64. The summed E-state index contributed by atoms with van der Waals surface area (Å²) in [4.78, 5) is 20.8. The number of hydrogen-bond acceptors (Lipinski definition) is 6. The molecular formula is C13H22O6. The first-order valence-electron chi connectivity index (χ1n) is 5.96. The van der Waals surface area contributed by atoms with Crippen LogP contribution >= 0.6 is 0 Å². The van der Waals surface area contributed by atoms with Crippen molar-refractivity contribution >= 4 is 11.9 Å². The number of aliphatic hydroxyl groups excluding tert-OH is 2. The quantitative estimate of drug-likeness (QED) is 0.320. The Kier molecular flexibility index (Phi) is 12.7. The second-order valence-electron chi connectivity index (χ2n) is 3.52. The molecule has 6 heteroatoms. The lowest BCUT2D eigenvalue weighted by Crippen LogP contribution is -2.07. The second kappa shape index (κ2) is 12.5. The van der Waals surface area contributed by atoms with Crippen LogP contribution in [-0.2, 0) is 19.1 Å². The highest BCUT2D eigenvalue weighted by Gasteiger charge is 2.04. The van der Waals surface area contributed by atoms with Crippen LogP contribution < -0.4 is 0 Å². The van der Waals surface area contributed by atoms with Crippen molar-refractivity contribution in [1.29, 1.82) is 0 Å². The molecule has 0 unspecified atom stereocenters. The van der Waals surface area contributed by atoms with Crippen molar-refractivity contribution in [2.24, 2.45) is 0 Å². The average Bonchev–Trinajstić information content (AvgIpc) is 2.36. The molecule has 0 bridgehead atoms. The molecule has 2 N–H and O–H groups in total. The predicted molar refractivity (Wildman–Crippen MR) is 70.7 cm³/mol. The van der Waals surface area contributed by atoms with Gasteiger partial charge in [-0.1, -0.05) is 20.3 Å². The van der Waals surface area contributed by atoms with Crippen LogP contribution in [0.5, 0.6) is 0 Å². The van der Waals surface area contributed by atoms with Gasteiger partial charge in [0.15, 0.2) is 11.5 Å². The molecular weight excluding hydrogens is 252 g/mol. The molecule has 0 saturated carbocycles. The van der Waals surface area contributed by atoms with Gasteiger partial charge < -0.3 is 19.7 Å². The summed E-state index contributed by atoms with van der Waals surface area (Å²) in [7, 11) is 0. The minimum atomic E-state index is -0.739. The molecule has 0 heterocycles. The van der Waals surface area contributed by atoms with Gasteiger partial charge in [-0.15, -0.1) is 0 Å². The van der Waals surface area contributed by atoms with Crippen molar-refractivity contribution in [1.82, 2.24) is 0 Å². The number of ether oxygens (including phenoxy) is 2. The highest BCUT2D eigenvalue weighted by molar-refractivity contribution is 5.85. The minimum Gasteiger partial charge on any atom is -0.502 e. The van der Waals surface area contributed by atoms with Gasteiger partial charge in [-0.3, -0.25) is 0 Å². The van der Waals surface area contributed by atoms with E-state index >= 15 is 0 Å². The SMILES string of the molecule is C=C(O)C(=O)OCCC.C=C(O)C(=O)OCCCC. The van der Waals surface area contributed by atoms with Crippen molar-refractivity contribution in [3.05, 3.63) is 24.7 Å². The lowest BCUT2D eigenvalue weighted by Gasteiger charge is -2.00. The summed E-state index contributed by atoms with van der Waals surface area (Å²) in [5, 5.41) is 16.8. The zero-order valence-corrected chi connectivity index (χ0v) is 11.5. The summed E-state index contributed by atoms with van der Waals surface area (Å²) in [6, 6.07) is 0. The molecule has 0 radical (unpaired) electrons. The predicted octanol–water partition coefficient (Wildman–Crippen LogP) is 2.41. The largest absolute Gasteiger partial charge is 0.502 e. The standard InChI is InChI=1S/C7H12O3.C6H10O3/c1-3-4-5-10-7(9)6(2)8;1-3-4-9-6(8)5(2)7/h8H,2-5H2,1H3;7H,2-4H2,1H3. The molecule has 110 valence electrons. The van der Waals surface area contributed by atoms with E-state index in [1.165, 1.54) is 0 Å². The molecule has 0 fully saturated rings. The Morgan fingerprint density at radius 1 is 0.895 bits per heavy atom. The van der Waals surface area contributed by atoms with Gasteiger partial charge in [-0.05, 0) is 26.0 Å². The smallest absolute Gasteiger partial charge is 0.372 e. The van der Waals surface area contributed by atoms with E-state index in [4.69, 9.17) is 10.2 Å². The van der Waals surface area contributed by atoms with Gasteiger partial charge >= 0.3 is 11.9 Å². The number of unbranched alkanes of at least 4 members (excludes halogenated alkanes) is 1. The van der Waals surface area contributed by atoms with E-state index in [2.05, 4.69) is 22.6 Å². The van der Waals surface area contributed by atoms with Crippen LogP contribution in [0.4, 0.5) is 0 Å². The first kappa shape index (κ1) is 19.4. The molecule has 0 saturated heterocycles. The summed E-state index contributed by atoms with van der Waals surface area (Å²) in [5.74, 6) is -2.54. The Morgan fingerprint density at radius 3 is 1.63 bits per heavy atom. The normalized spacial score (nSPS) is 8.74. The van der Waals surface area contributed by atoms with E-state index in [1.54, 1.807) is 0 Å². The van der Waals surface area contributed by atoms with Crippen molar-refractivity contribution < 1.29 is 29.3 Å². The molecule has 0 aromatic carbocycles. The van der Waals surface area contributed by atoms with E-state index in [0.717, 1.165) is 19.3 Å². The van der Waals surface area contributed by atoms with E-state index in [1.807, 2.05) is 13.8 Å². The average molecular weight is 274 g/mol. The van der Waals surface area contributed by atoms with Crippen LogP contribution in [0.15, 0.2) is 24.7 Å². The summed E-state index contributed by atoms with van der Waals surface area (Å²) < 4.78 is 9.02. The third-order valence-electron chi connectivity index (χ3n) is 1.64. The third kappa shape index (κ3) is 14.0. The zero-order valence-electron chi connectivity index (χ0n) is 11.5. The van der Waals surface area contributed by atoms with Crippen LogP contribution in [-0.4, -0.2) is 35.4 Å². The molecule has 0 amide bonds. The first-order valence-corrected chi connectivity index (χ1v) is 5.96. The maximum atomic E-state index is 10.4. The van der Waals surface area contributed by atoms with Gasteiger partial charge in [0.1, 0.15) is 0 Å². The molecule has 6 nitrogen and oxygen atoms in total. The highest BCUT2D eigenvalue weighted by atomic mass is 16.5. The van der Waals surface area contributed by atoms with Gasteiger partial charge in [-0.2, -0.15) is 0 Å². The second-order valence-corrected chi connectivity index (χ2v) is 3.52. The Hall–Kier alpha value is -1.98. The maximum absolute atomic E-state index is 10.4. The van der Waals surface area contributed by atoms with Crippen LogP contribution in [0, 0.1) is 0 Å². The Bertz CT molecular complexity index is 308. The summed E-state index contributed by atoms with van der Waals surface area (Å²) in [5.41, 5.74) is 0. The van der Waals surface area contributed by atoms with Gasteiger partial charge in [0.2, 0.25) is 0 Å². The zero-order chi connectivity index (χ0) is 15.3. The van der Waals surface area contributed by atoms with Crippen LogP contribution in [0.2, 0.25) is 0 Å². The summed E-state index contributed by atoms with van der Waals surface area (Å²) in [6.45, 7) is 10.5. The molecule has 0 aromatic heterocycles. The number of rotatable bonds is 7. The number of aliphatic hydroxyl groups is 2. The molecule has 0 aliphatic carbocycles. The van der Waals surface area contributed by atoms with E-state index < -0.39 is 23.5 Å². The van der Waals surface area contributed by atoms with Crippen molar-refractivity contribution in [2.75, 3.05) is 13.2 Å². The monoisotopic (exact) mass is 274 g/mol. The van der Waals surface area contributed by atoms with Crippen LogP contribution in [0.1, 0.15) is 33.1 Å². The molecule has 19 heavy (non-hydrogen) atoms. The van der Waals surface area contributed by atoms with E-state index in [0.29, 0.717) is 13.2 Å². The fourth-order valence-electron chi connectivity index (χ4n) is 0.671. The number of carbonyl (C=O) groups is 2. The van der Waals surface area contributed by atoms with Gasteiger partial charge in [-0.25, -0.2) is 9.59 Å². The number of hydrogen-bond donors (Lipinski definition) is 2. The van der Waals surface area contributed by atoms with E-state index in [-0.39, 0.29) is 0 Å². The number of carbonyl (C=O) groups excluding carboxylic acids is 2. The van der Waals surface area contributed by atoms with Gasteiger partial charge in [0.05, 0.1) is 13.2 Å². The Balaban J connectivity index is 0. The fourth-order valence-corrected chi connectivity index (χ4v) is 0.671. The van der Waals surface area contributed by atoms with Gasteiger partial charge in [0.25, 0.3) is 0 Å². The molecule has 0 rings (SSSR count).